The fourth-order valence-corrected chi connectivity index (χ4v) is 3.38. The number of benzene rings is 1. The van der Waals surface area contributed by atoms with Gasteiger partial charge in [-0.15, -0.1) is 0 Å². The quantitative estimate of drug-likeness (QED) is 0.379. The van der Waals surface area contributed by atoms with E-state index >= 15 is 0 Å². The average Bonchev–Trinajstić information content (AvgIpc) is 3.10. The lowest BCUT2D eigenvalue weighted by Gasteiger charge is -2.28. The zero-order valence-corrected chi connectivity index (χ0v) is 14.1. The molecule has 4 heteroatoms. The third-order valence-corrected chi connectivity index (χ3v) is 4.73. The summed E-state index contributed by atoms with van der Waals surface area (Å²) in [6, 6.07) is 9.34. The third-order valence-electron chi connectivity index (χ3n) is 4.73. The van der Waals surface area contributed by atoms with Gasteiger partial charge in [0, 0.05) is 39.3 Å². The lowest BCUT2D eigenvalue weighted by atomic mass is 10.00. The summed E-state index contributed by atoms with van der Waals surface area (Å²) in [5.74, 6) is 0.933. The molecule has 2 aliphatic rings. The highest BCUT2D eigenvalue weighted by Crippen LogP contribution is 2.18. The van der Waals surface area contributed by atoms with E-state index in [0.29, 0.717) is 6.04 Å². The molecule has 0 saturated heterocycles. The van der Waals surface area contributed by atoms with E-state index in [-0.39, 0.29) is 0 Å². The van der Waals surface area contributed by atoms with E-state index < -0.39 is 0 Å². The summed E-state index contributed by atoms with van der Waals surface area (Å²) < 4.78 is 0. The molecule has 0 spiro atoms. The van der Waals surface area contributed by atoms with Crippen molar-refractivity contribution in [3.63, 3.8) is 0 Å². The molecule has 0 saturated carbocycles. The van der Waals surface area contributed by atoms with E-state index in [2.05, 4.69) is 56.9 Å². The Kier molecular flexibility index (Phi) is 5.70. The van der Waals surface area contributed by atoms with Crippen LogP contribution in [0.25, 0.3) is 0 Å². The van der Waals surface area contributed by atoms with Gasteiger partial charge in [-0.3, -0.25) is 9.89 Å². The van der Waals surface area contributed by atoms with Crippen LogP contribution in [0.1, 0.15) is 30.4 Å². The largest absolute Gasteiger partial charge is 0.356 e. The number of aliphatic imine (C=N–C) groups is 1. The minimum absolute atomic E-state index is 0.514. The molecule has 1 aromatic carbocycles. The van der Waals surface area contributed by atoms with Crippen LogP contribution >= 0.6 is 0 Å². The Hall–Kier alpha value is -1.81. The Morgan fingerprint density at radius 1 is 1.22 bits per heavy atom. The van der Waals surface area contributed by atoms with Gasteiger partial charge in [-0.25, -0.2) is 0 Å². The summed E-state index contributed by atoms with van der Waals surface area (Å²) in [6.45, 7) is 4.38. The van der Waals surface area contributed by atoms with Crippen molar-refractivity contribution < 1.29 is 0 Å². The monoisotopic (exact) mass is 312 g/mol. The summed E-state index contributed by atoms with van der Waals surface area (Å²) >= 11 is 0. The van der Waals surface area contributed by atoms with Crippen LogP contribution in [0.4, 0.5) is 0 Å². The van der Waals surface area contributed by atoms with E-state index in [1.54, 1.807) is 0 Å². The minimum atomic E-state index is 0.514. The second-order valence-corrected chi connectivity index (χ2v) is 6.43. The first-order chi connectivity index (χ1) is 11.3. The maximum atomic E-state index is 4.32. The molecular formula is C19H28N4. The van der Waals surface area contributed by atoms with Gasteiger partial charge in [-0.1, -0.05) is 36.4 Å². The molecule has 0 atom stereocenters. The predicted octanol–water partition coefficient (Wildman–Crippen LogP) is 2.32. The maximum Gasteiger partial charge on any atom is 0.191 e. The Morgan fingerprint density at radius 3 is 2.78 bits per heavy atom. The second kappa shape index (κ2) is 8.16. The Balaban J connectivity index is 1.35. The molecule has 23 heavy (non-hydrogen) atoms. The van der Waals surface area contributed by atoms with E-state index in [1.165, 1.54) is 24.1 Å². The SMILES string of the molecule is CN=C(NCCCN1CCc2ccccc2C1)NC1CC=CC1. The van der Waals surface area contributed by atoms with Crippen LogP contribution in [0.2, 0.25) is 0 Å². The van der Waals surface area contributed by atoms with Crippen LogP contribution in [0.15, 0.2) is 41.4 Å². The van der Waals surface area contributed by atoms with Crippen LogP contribution in [0, 0.1) is 0 Å². The zero-order chi connectivity index (χ0) is 15.9. The standard InChI is InChI=1S/C19H28N4/c1-20-19(22-18-9-4-5-10-18)21-12-6-13-23-14-11-16-7-2-3-8-17(16)15-23/h2-5,7-8,18H,6,9-15H2,1H3,(H2,20,21,22). The normalized spacial score (nSPS) is 18.9. The number of fused-ring (bicyclic) bond motifs is 1. The second-order valence-electron chi connectivity index (χ2n) is 6.43. The molecule has 0 aromatic heterocycles. The Morgan fingerprint density at radius 2 is 2.00 bits per heavy atom. The summed E-state index contributed by atoms with van der Waals surface area (Å²) in [5, 5.41) is 6.92. The number of hydrogen-bond acceptors (Lipinski definition) is 2. The van der Waals surface area contributed by atoms with Crippen molar-refractivity contribution in [2.75, 3.05) is 26.7 Å². The summed E-state index contributed by atoms with van der Waals surface area (Å²) in [5.41, 5.74) is 3.02. The van der Waals surface area contributed by atoms with E-state index in [9.17, 15) is 0 Å². The van der Waals surface area contributed by atoms with Crippen molar-refractivity contribution in [2.24, 2.45) is 4.99 Å². The van der Waals surface area contributed by atoms with Gasteiger partial charge in [0.25, 0.3) is 0 Å². The van der Waals surface area contributed by atoms with Gasteiger partial charge in [-0.2, -0.15) is 0 Å². The van der Waals surface area contributed by atoms with Crippen molar-refractivity contribution in [1.29, 1.82) is 0 Å². The molecule has 0 bridgehead atoms. The van der Waals surface area contributed by atoms with Gasteiger partial charge in [-0.05, 0) is 36.8 Å². The van der Waals surface area contributed by atoms with Gasteiger partial charge in [0.1, 0.15) is 0 Å². The van der Waals surface area contributed by atoms with Crippen LogP contribution in [-0.4, -0.2) is 43.6 Å². The van der Waals surface area contributed by atoms with E-state index in [0.717, 1.165) is 44.9 Å². The molecule has 0 unspecified atom stereocenters. The van der Waals surface area contributed by atoms with Crippen molar-refractivity contribution >= 4 is 5.96 Å². The summed E-state index contributed by atoms with van der Waals surface area (Å²) in [6.07, 6.45) is 9.01. The van der Waals surface area contributed by atoms with Crippen molar-refractivity contribution in [3.8, 4) is 0 Å². The Bertz CT molecular complexity index is 556. The summed E-state index contributed by atoms with van der Waals surface area (Å²) in [4.78, 5) is 6.88. The first kappa shape index (κ1) is 16.1. The smallest absolute Gasteiger partial charge is 0.191 e. The van der Waals surface area contributed by atoms with Crippen molar-refractivity contribution in [3.05, 3.63) is 47.5 Å². The molecule has 1 aromatic rings. The average molecular weight is 312 g/mol. The van der Waals surface area contributed by atoms with Gasteiger partial charge >= 0.3 is 0 Å². The summed E-state index contributed by atoms with van der Waals surface area (Å²) in [7, 11) is 1.85. The van der Waals surface area contributed by atoms with Crippen molar-refractivity contribution in [2.45, 2.75) is 38.3 Å². The zero-order valence-electron chi connectivity index (χ0n) is 14.1. The van der Waals surface area contributed by atoms with E-state index in [1.807, 2.05) is 7.05 Å². The molecule has 2 N–H and O–H groups in total. The molecule has 0 fully saturated rings. The van der Waals surface area contributed by atoms with Gasteiger partial charge < -0.3 is 10.6 Å². The fourth-order valence-electron chi connectivity index (χ4n) is 3.38. The molecule has 1 aliphatic carbocycles. The number of nitrogens with zero attached hydrogens (tertiary/aromatic N) is 2. The topological polar surface area (TPSA) is 39.7 Å². The first-order valence-corrected chi connectivity index (χ1v) is 8.76. The van der Waals surface area contributed by atoms with Crippen LogP contribution < -0.4 is 10.6 Å². The highest BCUT2D eigenvalue weighted by Gasteiger charge is 2.15. The van der Waals surface area contributed by atoms with Gasteiger partial charge in [0.05, 0.1) is 0 Å². The highest BCUT2D eigenvalue weighted by atomic mass is 15.2. The number of nitrogens with one attached hydrogen (secondary N) is 2. The van der Waals surface area contributed by atoms with Crippen LogP contribution in [0.5, 0.6) is 0 Å². The number of hydrogen-bond donors (Lipinski definition) is 2. The molecule has 124 valence electrons. The molecular weight excluding hydrogens is 284 g/mol. The van der Waals surface area contributed by atoms with E-state index in [4.69, 9.17) is 0 Å². The third kappa shape index (κ3) is 4.58. The molecule has 3 rings (SSSR count). The number of guanidine groups is 1. The number of rotatable bonds is 5. The van der Waals surface area contributed by atoms with Gasteiger partial charge in [0.2, 0.25) is 0 Å². The van der Waals surface area contributed by atoms with Crippen LogP contribution in [0.3, 0.4) is 0 Å². The molecule has 1 aliphatic heterocycles. The first-order valence-electron chi connectivity index (χ1n) is 8.76. The highest BCUT2D eigenvalue weighted by molar-refractivity contribution is 5.80. The molecule has 4 nitrogen and oxygen atoms in total. The molecule has 0 amide bonds. The van der Waals surface area contributed by atoms with Crippen LogP contribution in [-0.2, 0) is 13.0 Å². The minimum Gasteiger partial charge on any atom is -0.356 e. The predicted molar refractivity (Wildman–Crippen MR) is 96.7 cm³/mol. The Labute approximate surface area is 139 Å². The maximum absolute atomic E-state index is 4.32. The molecule has 1 heterocycles. The van der Waals surface area contributed by atoms with Gasteiger partial charge in [0.15, 0.2) is 5.96 Å². The lowest BCUT2D eigenvalue weighted by Crippen LogP contribution is -2.43. The fraction of sp³-hybridized carbons (Fsp3) is 0.526. The lowest BCUT2D eigenvalue weighted by molar-refractivity contribution is 0.251. The molecule has 0 radical (unpaired) electrons. The van der Waals surface area contributed by atoms with Crippen molar-refractivity contribution in [1.82, 2.24) is 15.5 Å².